The maximum atomic E-state index is 6.86. The summed E-state index contributed by atoms with van der Waals surface area (Å²) in [5.41, 5.74) is 11.3. The van der Waals surface area contributed by atoms with Gasteiger partial charge in [-0.3, -0.25) is 0 Å². The minimum atomic E-state index is -0.543. The molecule has 0 amide bonds. The van der Waals surface area contributed by atoms with Crippen molar-refractivity contribution in [2.24, 2.45) is 0 Å². The minimum Gasteiger partial charge on any atom is -0.457 e. The van der Waals surface area contributed by atoms with Crippen LogP contribution in [0.15, 0.2) is 194 Å². The Morgan fingerprint density at radius 2 is 0.961 bits per heavy atom. The fraction of sp³-hybridized carbons (Fsp3) is 0.0204. The standard InChI is InChI=1S/C49H32OS/c1-4-15-33(16-5-1)35-29-36(31-37(30-35)40-22-14-23-42-41-21-10-13-26-47(41)51-48(40)42)34-27-28-44-46(32-34)50-45-25-12-11-24-43(45)49(44,38-17-6-2-7-18-38)39-19-8-3-9-20-39/h1-32H. The van der Waals surface area contributed by atoms with E-state index >= 15 is 0 Å². The van der Waals surface area contributed by atoms with Gasteiger partial charge in [-0.15, -0.1) is 11.3 Å². The summed E-state index contributed by atoms with van der Waals surface area (Å²) >= 11 is 1.87. The smallest absolute Gasteiger partial charge is 0.132 e. The molecule has 8 aromatic carbocycles. The van der Waals surface area contributed by atoms with E-state index in [9.17, 15) is 0 Å². The lowest BCUT2D eigenvalue weighted by Gasteiger charge is -2.41. The van der Waals surface area contributed by atoms with Gasteiger partial charge in [0, 0.05) is 31.3 Å². The molecule has 0 saturated heterocycles. The lowest BCUT2D eigenvalue weighted by Crippen LogP contribution is -2.34. The number of benzene rings is 8. The zero-order chi connectivity index (χ0) is 33.8. The van der Waals surface area contributed by atoms with Crippen molar-refractivity contribution in [3.05, 3.63) is 216 Å². The average molecular weight is 669 g/mol. The highest BCUT2D eigenvalue weighted by molar-refractivity contribution is 7.26. The second-order valence-electron chi connectivity index (χ2n) is 13.2. The summed E-state index contributed by atoms with van der Waals surface area (Å²) in [5.74, 6) is 1.75. The summed E-state index contributed by atoms with van der Waals surface area (Å²) in [5, 5.41) is 2.62. The molecule has 2 heterocycles. The van der Waals surface area contributed by atoms with Crippen LogP contribution in [0.25, 0.3) is 53.6 Å². The molecule has 1 aliphatic heterocycles. The highest BCUT2D eigenvalue weighted by Crippen LogP contribution is 2.56. The van der Waals surface area contributed by atoms with E-state index in [-0.39, 0.29) is 0 Å². The lowest BCUT2D eigenvalue weighted by atomic mass is 9.63. The molecule has 9 aromatic rings. The molecule has 0 radical (unpaired) electrons. The van der Waals surface area contributed by atoms with Crippen molar-refractivity contribution < 1.29 is 4.74 Å². The van der Waals surface area contributed by atoms with Gasteiger partial charge in [0.05, 0.1) is 5.41 Å². The van der Waals surface area contributed by atoms with E-state index < -0.39 is 5.41 Å². The first-order valence-corrected chi connectivity index (χ1v) is 18.2. The first kappa shape index (κ1) is 29.7. The Morgan fingerprint density at radius 1 is 0.373 bits per heavy atom. The molecule has 0 fully saturated rings. The van der Waals surface area contributed by atoms with Crippen LogP contribution in [0.1, 0.15) is 22.3 Å². The second kappa shape index (κ2) is 12.0. The molecule has 51 heavy (non-hydrogen) atoms. The first-order chi connectivity index (χ1) is 25.3. The Balaban J connectivity index is 1.21. The highest BCUT2D eigenvalue weighted by atomic mass is 32.1. The molecule has 1 aromatic heterocycles. The van der Waals surface area contributed by atoms with Crippen molar-refractivity contribution in [2.75, 3.05) is 0 Å². The number of hydrogen-bond acceptors (Lipinski definition) is 2. The molecule has 2 heteroatoms. The van der Waals surface area contributed by atoms with Crippen LogP contribution in [-0.2, 0) is 5.41 Å². The van der Waals surface area contributed by atoms with Gasteiger partial charge in [0.25, 0.3) is 0 Å². The Kier molecular flexibility index (Phi) is 6.97. The topological polar surface area (TPSA) is 9.23 Å². The number of para-hydroxylation sites is 1. The van der Waals surface area contributed by atoms with Crippen LogP contribution in [0.2, 0.25) is 0 Å². The van der Waals surface area contributed by atoms with Crippen LogP contribution in [0.4, 0.5) is 0 Å². The number of thiophene rings is 1. The number of fused-ring (bicyclic) bond motifs is 5. The summed E-state index contributed by atoms with van der Waals surface area (Å²) < 4.78 is 9.49. The van der Waals surface area contributed by atoms with Crippen LogP contribution >= 0.6 is 11.3 Å². The Hall–Kier alpha value is -6.22. The second-order valence-corrected chi connectivity index (χ2v) is 14.3. The van der Waals surface area contributed by atoms with Gasteiger partial charge in [0.1, 0.15) is 11.5 Å². The third-order valence-corrected chi connectivity index (χ3v) is 11.6. The molecular weight excluding hydrogens is 637 g/mol. The normalized spacial score (nSPS) is 13.0. The molecule has 0 unspecified atom stereocenters. The predicted molar refractivity (Wildman–Crippen MR) is 214 cm³/mol. The molecule has 240 valence electrons. The molecule has 0 saturated carbocycles. The van der Waals surface area contributed by atoms with Gasteiger partial charge in [-0.1, -0.05) is 158 Å². The summed E-state index contributed by atoms with van der Waals surface area (Å²) in [6, 6.07) is 70.2. The van der Waals surface area contributed by atoms with Crippen molar-refractivity contribution in [3.8, 4) is 44.9 Å². The van der Waals surface area contributed by atoms with Gasteiger partial charge in [-0.05, 0) is 80.9 Å². The highest BCUT2D eigenvalue weighted by Gasteiger charge is 2.45. The van der Waals surface area contributed by atoms with Gasteiger partial charge in [-0.25, -0.2) is 0 Å². The number of hydrogen-bond donors (Lipinski definition) is 0. The zero-order valence-corrected chi connectivity index (χ0v) is 28.6. The molecule has 0 N–H and O–H groups in total. The van der Waals surface area contributed by atoms with E-state index in [1.54, 1.807) is 0 Å². The van der Waals surface area contributed by atoms with Gasteiger partial charge in [-0.2, -0.15) is 0 Å². The van der Waals surface area contributed by atoms with Crippen molar-refractivity contribution in [3.63, 3.8) is 0 Å². The van der Waals surface area contributed by atoms with E-state index in [1.807, 2.05) is 11.3 Å². The zero-order valence-electron chi connectivity index (χ0n) is 27.8. The van der Waals surface area contributed by atoms with Crippen LogP contribution < -0.4 is 4.74 Å². The molecule has 1 aliphatic rings. The number of ether oxygens (including phenoxy) is 1. The van der Waals surface area contributed by atoms with E-state index in [4.69, 9.17) is 4.74 Å². The molecular formula is C49H32OS. The van der Waals surface area contributed by atoms with Gasteiger partial charge in [0.15, 0.2) is 0 Å². The molecule has 0 spiro atoms. The minimum absolute atomic E-state index is 0.543. The van der Waals surface area contributed by atoms with Crippen molar-refractivity contribution in [2.45, 2.75) is 5.41 Å². The Labute approximate surface area is 301 Å². The number of rotatable bonds is 5. The molecule has 0 bridgehead atoms. The van der Waals surface area contributed by atoms with Crippen LogP contribution in [-0.4, -0.2) is 0 Å². The first-order valence-electron chi connectivity index (χ1n) is 17.4. The van der Waals surface area contributed by atoms with Crippen molar-refractivity contribution >= 4 is 31.5 Å². The van der Waals surface area contributed by atoms with E-state index in [0.29, 0.717) is 0 Å². The van der Waals surface area contributed by atoms with E-state index in [0.717, 1.165) is 33.8 Å². The monoisotopic (exact) mass is 668 g/mol. The summed E-state index contributed by atoms with van der Waals surface area (Å²) in [4.78, 5) is 0. The summed E-state index contributed by atoms with van der Waals surface area (Å²) in [6.07, 6.45) is 0. The third-order valence-electron chi connectivity index (χ3n) is 10.4. The average Bonchev–Trinajstić information content (AvgIpc) is 3.60. The lowest BCUT2D eigenvalue weighted by molar-refractivity contribution is 0.435. The molecule has 10 rings (SSSR count). The van der Waals surface area contributed by atoms with Crippen molar-refractivity contribution in [1.82, 2.24) is 0 Å². The van der Waals surface area contributed by atoms with Crippen molar-refractivity contribution in [1.29, 1.82) is 0 Å². The third kappa shape index (κ3) is 4.75. The molecule has 0 atom stereocenters. The van der Waals surface area contributed by atoms with Crippen LogP contribution in [0.5, 0.6) is 11.5 Å². The summed E-state index contributed by atoms with van der Waals surface area (Å²) in [6.45, 7) is 0. The maximum Gasteiger partial charge on any atom is 0.132 e. The molecule has 1 nitrogen and oxygen atoms in total. The van der Waals surface area contributed by atoms with Gasteiger partial charge >= 0.3 is 0 Å². The van der Waals surface area contributed by atoms with E-state index in [2.05, 4.69) is 194 Å². The Bertz CT molecular complexity index is 2670. The fourth-order valence-corrected chi connectivity index (χ4v) is 9.35. The SMILES string of the molecule is c1ccc(-c2cc(-c3ccc4c(c3)Oc3ccccc3C4(c3ccccc3)c3ccccc3)cc(-c3cccc4c3sc3ccccc34)c2)cc1. The predicted octanol–water partition coefficient (Wildman–Crippen LogP) is 13.5. The van der Waals surface area contributed by atoms with Gasteiger partial charge < -0.3 is 4.74 Å². The molecule has 0 aliphatic carbocycles. The largest absolute Gasteiger partial charge is 0.457 e. The maximum absolute atomic E-state index is 6.86. The quantitative estimate of drug-likeness (QED) is 0.177. The van der Waals surface area contributed by atoms with Crippen LogP contribution in [0.3, 0.4) is 0 Å². The van der Waals surface area contributed by atoms with Gasteiger partial charge in [0.2, 0.25) is 0 Å². The Morgan fingerprint density at radius 3 is 1.73 bits per heavy atom. The van der Waals surface area contributed by atoms with Crippen LogP contribution in [0, 0.1) is 0 Å². The van der Waals surface area contributed by atoms with E-state index in [1.165, 1.54) is 53.6 Å². The summed E-state index contributed by atoms with van der Waals surface area (Å²) in [7, 11) is 0. The fourth-order valence-electron chi connectivity index (χ4n) is 8.11.